The first-order valence-electron chi connectivity index (χ1n) is 37.3. The van der Waals surface area contributed by atoms with Gasteiger partial charge in [0.05, 0.1) is 38.6 Å². The Kier molecular flexibility index (Phi) is 49.7. The lowest BCUT2D eigenvalue weighted by molar-refractivity contribution is -0.379. The molecule has 3 aliphatic rings. The van der Waals surface area contributed by atoms with E-state index in [1.54, 1.807) is 0 Å². The van der Waals surface area contributed by atoms with Crippen molar-refractivity contribution in [2.75, 3.05) is 26.4 Å². The zero-order chi connectivity index (χ0) is 65.4. The van der Waals surface area contributed by atoms with Crippen molar-refractivity contribution in [3.05, 3.63) is 0 Å². The third-order valence-corrected chi connectivity index (χ3v) is 19.2. The number of aliphatic hydroxyl groups excluding tert-OH is 11. The first-order valence-corrected chi connectivity index (χ1v) is 37.3. The maximum Gasteiger partial charge on any atom is 0.220 e. The van der Waals surface area contributed by atoms with Crippen LogP contribution in [0.15, 0.2) is 0 Å². The van der Waals surface area contributed by atoms with Gasteiger partial charge in [-0.2, -0.15) is 0 Å². The summed E-state index contributed by atoms with van der Waals surface area (Å²) < 4.78 is 34.3. The van der Waals surface area contributed by atoms with Crippen LogP contribution in [-0.4, -0.2) is 193 Å². The van der Waals surface area contributed by atoms with Crippen molar-refractivity contribution >= 4 is 5.91 Å². The molecule has 3 rings (SSSR count). The summed E-state index contributed by atoms with van der Waals surface area (Å²) in [6, 6.07) is -0.879. The third-order valence-electron chi connectivity index (χ3n) is 19.2. The molecule has 0 aromatic carbocycles. The number of carbonyl (C=O) groups excluding carboxylic acids is 1. The lowest BCUT2D eigenvalue weighted by Gasteiger charge is -2.48. The maximum absolute atomic E-state index is 13.4. The Morgan fingerprint density at radius 1 is 0.356 bits per heavy atom. The van der Waals surface area contributed by atoms with Gasteiger partial charge in [-0.3, -0.25) is 4.79 Å². The van der Waals surface area contributed by atoms with Gasteiger partial charge >= 0.3 is 0 Å². The molecule has 1 amide bonds. The summed E-state index contributed by atoms with van der Waals surface area (Å²) in [4.78, 5) is 13.4. The lowest BCUT2D eigenvalue weighted by atomic mass is 9.96. The van der Waals surface area contributed by atoms with Crippen molar-refractivity contribution in [1.82, 2.24) is 5.32 Å². The molecule has 0 aliphatic carbocycles. The fourth-order valence-corrected chi connectivity index (χ4v) is 13.1. The number of unbranched alkanes of at least 4 members (excludes halogenated alkanes) is 43. The normalized spacial score (nSPS) is 27.9. The van der Waals surface area contributed by atoms with E-state index in [9.17, 15) is 61.0 Å². The van der Waals surface area contributed by atoms with E-state index in [1.807, 2.05) is 0 Å². The monoisotopic (exact) mass is 1290 g/mol. The van der Waals surface area contributed by atoms with E-state index >= 15 is 0 Å². The van der Waals surface area contributed by atoms with Crippen LogP contribution in [0, 0.1) is 0 Å². The van der Waals surface area contributed by atoms with Crippen LogP contribution in [0.4, 0.5) is 0 Å². The molecule has 19 heteroatoms. The summed E-state index contributed by atoms with van der Waals surface area (Å²) in [6.45, 7) is 1.79. The molecule has 0 bridgehead atoms. The fourth-order valence-electron chi connectivity index (χ4n) is 13.1. The predicted octanol–water partition coefficient (Wildman–Crippen LogP) is 10.7. The highest BCUT2D eigenvalue weighted by atomic mass is 16.8. The molecule has 19 nitrogen and oxygen atoms in total. The molecule has 3 fully saturated rings. The molecule has 0 aromatic rings. The zero-order valence-electron chi connectivity index (χ0n) is 56.7. The Balaban J connectivity index is 1.25. The highest BCUT2D eigenvalue weighted by molar-refractivity contribution is 5.76. The minimum absolute atomic E-state index is 0.239. The molecular formula is C71H137NO18. The minimum Gasteiger partial charge on any atom is -0.394 e. The molecular weight excluding hydrogens is 1150 g/mol. The van der Waals surface area contributed by atoms with Gasteiger partial charge in [0.1, 0.15) is 73.2 Å². The lowest BCUT2D eigenvalue weighted by Crippen LogP contribution is -2.66. The molecule has 17 atom stereocenters. The van der Waals surface area contributed by atoms with Gasteiger partial charge in [0, 0.05) is 6.42 Å². The Morgan fingerprint density at radius 3 is 0.967 bits per heavy atom. The van der Waals surface area contributed by atoms with Crippen LogP contribution in [0.3, 0.4) is 0 Å². The van der Waals surface area contributed by atoms with Crippen LogP contribution < -0.4 is 5.32 Å². The minimum atomic E-state index is -1.97. The molecule has 0 spiro atoms. The average Bonchev–Trinajstić information content (AvgIpc) is 0.847. The van der Waals surface area contributed by atoms with Crippen LogP contribution in [-0.2, 0) is 33.2 Å². The zero-order valence-corrected chi connectivity index (χ0v) is 56.7. The van der Waals surface area contributed by atoms with E-state index in [0.717, 1.165) is 44.9 Å². The number of carbonyl (C=O) groups is 1. The van der Waals surface area contributed by atoms with E-state index in [2.05, 4.69) is 19.2 Å². The van der Waals surface area contributed by atoms with Gasteiger partial charge in [0.15, 0.2) is 18.9 Å². The topological polar surface area (TPSA) is 307 Å². The average molecular weight is 1290 g/mol. The van der Waals surface area contributed by atoms with Crippen molar-refractivity contribution in [2.45, 2.75) is 420 Å². The molecule has 17 unspecified atom stereocenters. The SMILES string of the molecule is CCCCCCCCCCCCCCCCCCCCCCCCCCCCCCCCCCCCCCCC(=O)NC(COC1OC(CO)C(OC2OC(CO)C(OC3OC(CO)C(O)C(O)C3O)C(O)C2O)C(O)C1O)C(O)CCCCCCCCCC. The van der Waals surface area contributed by atoms with Gasteiger partial charge in [0.2, 0.25) is 5.91 Å². The van der Waals surface area contributed by atoms with Crippen molar-refractivity contribution in [1.29, 1.82) is 0 Å². The van der Waals surface area contributed by atoms with Gasteiger partial charge in [-0.05, 0) is 12.8 Å². The standard InChI is InChI=1S/C71H137NO18/c1-3-5-7-9-11-13-14-15-16-17-18-19-20-21-22-23-24-25-26-27-28-29-30-31-32-33-34-35-36-37-38-39-40-41-43-45-47-49-59(77)72-54(55(76)48-46-44-42-12-10-8-6-4-2)53-85-69-65(83)62(80)67(57(51-74)87-69)90-71-66(84)63(81)68(58(52-75)88-71)89-70-64(82)61(79)60(78)56(50-73)86-70/h54-58,60-71,73-76,78-84H,3-53H2,1-2H3,(H,72,77). The van der Waals surface area contributed by atoms with E-state index < -0.39 is 124 Å². The second kappa shape index (κ2) is 53.9. The second-order valence-corrected chi connectivity index (χ2v) is 27.1. The van der Waals surface area contributed by atoms with Crippen LogP contribution in [0.2, 0.25) is 0 Å². The van der Waals surface area contributed by atoms with Gasteiger partial charge in [-0.25, -0.2) is 0 Å². The highest BCUT2D eigenvalue weighted by Gasteiger charge is 2.53. The Morgan fingerprint density at radius 2 is 0.633 bits per heavy atom. The molecule has 3 heterocycles. The summed E-state index contributed by atoms with van der Waals surface area (Å²) in [5.41, 5.74) is 0. The van der Waals surface area contributed by atoms with Gasteiger partial charge in [0.25, 0.3) is 0 Å². The first-order chi connectivity index (χ1) is 43.8. The molecule has 3 aliphatic heterocycles. The second-order valence-electron chi connectivity index (χ2n) is 27.1. The first kappa shape index (κ1) is 83.0. The number of amides is 1. The summed E-state index contributed by atoms with van der Waals surface area (Å²) in [6.07, 6.45) is 32.7. The summed E-state index contributed by atoms with van der Waals surface area (Å²) in [5.74, 6) is -0.239. The quantitative estimate of drug-likeness (QED) is 0.0252. The van der Waals surface area contributed by atoms with Gasteiger partial charge in [-0.15, -0.1) is 0 Å². The molecule has 0 saturated carbocycles. The maximum atomic E-state index is 13.4. The Hall–Kier alpha value is -1.21. The van der Waals surface area contributed by atoms with Crippen LogP contribution in [0.25, 0.3) is 0 Å². The van der Waals surface area contributed by atoms with Crippen LogP contribution >= 0.6 is 0 Å². The van der Waals surface area contributed by atoms with E-state index in [1.165, 1.54) is 238 Å². The van der Waals surface area contributed by atoms with E-state index in [0.29, 0.717) is 12.8 Å². The fraction of sp³-hybridized carbons (Fsp3) is 0.986. The van der Waals surface area contributed by atoms with Crippen LogP contribution in [0.5, 0.6) is 0 Å². The van der Waals surface area contributed by atoms with Crippen molar-refractivity contribution < 1.29 is 89.4 Å². The molecule has 12 N–H and O–H groups in total. The van der Waals surface area contributed by atoms with Crippen molar-refractivity contribution in [3.63, 3.8) is 0 Å². The predicted molar refractivity (Wildman–Crippen MR) is 351 cm³/mol. The summed E-state index contributed by atoms with van der Waals surface area (Å²) >= 11 is 0. The number of hydrogen-bond acceptors (Lipinski definition) is 18. The Bertz CT molecular complexity index is 1640. The number of aliphatic hydroxyl groups is 11. The van der Waals surface area contributed by atoms with Crippen molar-refractivity contribution in [3.8, 4) is 0 Å². The molecule has 3 saturated heterocycles. The largest absolute Gasteiger partial charge is 0.394 e. The smallest absolute Gasteiger partial charge is 0.220 e. The Labute approximate surface area is 544 Å². The molecule has 534 valence electrons. The summed E-state index contributed by atoms with van der Waals surface area (Å²) in [7, 11) is 0. The summed E-state index contributed by atoms with van der Waals surface area (Å²) in [5, 5.41) is 120. The molecule has 0 radical (unpaired) electrons. The van der Waals surface area contributed by atoms with Crippen LogP contribution in [0.1, 0.15) is 316 Å². The number of hydrogen-bond donors (Lipinski definition) is 12. The van der Waals surface area contributed by atoms with E-state index in [4.69, 9.17) is 28.4 Å². The molecule has 0 aromatic heterocycles. The number of nitrogens with one attached hydrogen (secondary N) is 1. The highest BCUT2D eigenvalue weighted by Crippen LogP contribution is 2.33. The van der Waals surface area contributed by atoms with E-state index in [-0.39, 0.29) is 18.9 Å². The number of rotatable bonds is 59. The third kappa shape index (κ3) is 35.2. The van der Waals surface area contributed by atoms with Gasteiger partial charge < -0.3 is 89.9 Å². The number of ether oxygens (including phenoxy) is 6. The van der Waals surface area contributed by atoms with Crippen molar-refractivity contribution in [2.24, 2.45) is 0 Å². The van der Waals surface area contributed by atoms with Gasteiger partial charge in [-0.1, -0.05) is 296 Å². The molecule has 90 heavy (non-hydrogen) atoms.